The van der Waals surface area contributed by atoms with Crippen LogP contribution in [0.2, 0.25) is 0 Å². The summed E-state index contributed by atoms with van der Waals surface area (Å²) in [6.45, 7) is 8.33. The number of rotatable bonds is 4. The molecule has 1 saturated heterocycles. The van der Waals surface area contributed by atoms with E-state index in [0.717, 1.165) is 51.6 Å². The Morgan fingerprint density at radius 2 is 2.00 bits per heavy atom. The first-order valence-corrected chi connectivity index (χ1v) is 6.74. The van der Waals surface area contributed by atoms with Crippen LogP contribution in [0.3, 0.4) is 0 Å². The quantitative estimate of drug-likeness (QED) is 0.846. The third-order valence-corrected chi connectivity index (χ3v) is 3.40. The van der Waals surface area contributed by atoms with Gasteiger partial charge in [-0.2, -0.15) is 0 Å². The maximum absolute atomic E-state index is 5.69. The zero-order valence-electron chi connectivity index (χ0n) is 11.1. The molecular formula is C13H23N5. The van der Waals surface area contributed by atoms with Gasteiger partial charge in [-0.3, -0.25) is 0 Å². The minimum atomic E-state index is 0.574. The fourth-order valence-electron chi connectivity index (χ4n) is 2.32. The van der Waals surface area contributed by atoms with E-state index in [1.165, 1.54) is 0 Å². The van der Waals surface area contributed by atoms with Gasteiger partial charge in [0, 0.05) is 38.6 Å². The van der Waals surface area contributed by atoms with E-state index in [1.54, 1.807) is 0 Å². The minimum absolute atomic E-state index is 0.574. The van der Waals surface area contributed by atoms with Crippen molar-refractivity contribution >= 4 is 5.95 Å². The van der Waals surface area contributed by atoms with E-state index in [2.05, 4.69) is 26.7 Å². The smallest absolute Gasteiger partial charge is 0.225 e. The average molecular weight is 249 g/mol. The summed E-state index contributed by atoms with van der Waals surface area (Å²) in [6, 6.07) is 1.86. The fourth-order valence-corrected chi connectivity index (χ4v) is 2.32. The largest absolute Gasteiger partial charge is 0.339 e. The van der Waals surface area contributed by atoms with E-state index in [1.807, 2.05) is 18.5 Å². The van der Waals surface area contributed by atoms with Crippen LogP contribution < -0.4 is 10.6 Å². The molecule has 5 heteroatoms. The Balaban J connectivity index is 1.89. The number of hydrogen-bond donors (Lipinski definition) is 1. The third kappa shape index (κ3) is 3.65. The van der Waals surface area contributed by atoms with Crippen LogP contribution in [0.4, 0.5) is 5.95 Å². The molecule has 1 aliphatic heterocycles. The number of nitrogens with two attached hydrogens (primary N) is 1. The molecular weight excluding hydrogens is 226 g/mol. The molecule has 0 radical (unpaired) electrons. The van der Waals surface area contributed by atoms with E-state index >= 15 is 0 Å². The summed E-state index contributed by atoms with van der Waals surface area (Å²) in [5.74, 6) is 1.43. The lowest BCUT2D eigenvalue weighted by Crippen LogP contribution is -2.35. The van der Waals surface area contributed by atoms with E-state index in [4.69, 9.17) is 5.73 Å². The van der Waals surface area contributed by atoms with Crippen molar-refractivity contribution in [3.63, 3.8) is 0 Å². The van der Waals surface area contributed by atoms with Crippen LogP contribution >= 0.6 is 0 Å². The second kappa shape index (κ2) is 6.66. The van der Waals surface area contributed by atoms with Crippen LogP contribution in [0.15, 0.2) is 18.5 Å². The normalized spacial score (nSPS) is 19.6. The summed E-state index contributed by atoms with van der Waals surface area (Å²) >= 11 is 0. The molecule has 1 aliphatic rings. The zero-order chi connectivity index (χ0) is 12.8. The Hall–Kier alpha value is -1.20. The average Bonchev–Trinajstić information content (AvgIpc) is 2.65. The van der Waals surface area contributed by atoms with Gasteiger partial charge in [0.05, 0.1) is 0 Å². The fraction of sp³-hybridized carbons (Fsp3) is 0.692. The number of aromatic nitrogens is 2. The Labute approximate surface area is 109 Å². The predicted octanol–water partition coefficient (Wildman–Crippen LogP) is 0.584. The molecule has 0 bridgehead atoms. The van der Waals surface area contributed by atoms with Gasteiger partial charge in [0.25, 0.3) is 0 Å². The lowest BCUT2D eigenvalue weighted by Gasteiger charge is -2.23. The first kappa shape index (κ1) is 13.2. The van der Waals surface area contributed by atoms with Gasteiger partial charge in [-0.1, -0.05) is 6.92 Å². The topological polar surface area (TPSA) is 58.3 Å². The summed E-state index contributed by atoms with van der Waals surface area (Å²) in [5, 5.41) is 0. The second-order valence-electron chi connectivity index (χ2n) is 5.03. The maximum atomic E-state index is 5.69. The van der Waals surface area contributed by atoms with Crippen molar-refractivity contribution in [1.29, 1.82) is 0 Å². The van der Waals surface area contributed by atoms with Crippen LogP contribution in [0.5, 0.6) is 0 Å². The van der Waals surface area contributed by atoms with E-state index in [9.17, 15) is 0 Å². The second-order valence-corrected chi connectivity index (χ2v) is 5.03. The van der Waals surface area contributed by atoms with Gasteiger partial charge in [-0.05, 0) is 31.5 Å². The molecule has 0 spiro atoms. The molecule has 1 atom stereocenters. The summed E-state index contributed by atoms with van der Waals surface area (Å²) in [6.07, 6.45) is 4.78. The summed E-state index contributed by atoms with van der Waals surface area (Å²) < 4.78 is 0. The highest BCUT2D eigenvalue weighted by Crippen LogP contribution is 2.11. The highest BCUT2D eigenvalue weighted by molar-refractivity contribution is 5.28. The van der Waals surface area contributed by atoms with Gasteiger partial charge in [0.15, 0.2) is 0 Å². The summed E-state index contributed by atoms with van der Waals surface area (Å²) in [5.41, 5.74) is 5.69. The van der Waals surface area contributed by atoms with Crippen LogP contribution in [0.25, 0.3) is 0 Å². The molecule has 2 N–H and O–H groups in total. The van der Waals surface area contributed by atoms with Crippen LogP contribution in [-0.2, 0) is 0 Å². The molecule has 0 amide bonds. The Bertz CT molecular complexity index is 342. The molecule has 1 unspecified atom stereocenters. The maximum Gasteiger partial charge on any atom is 0.225 e. The molecule has 0 saturated carbocycles. The molecule has 0 aliphatic carbocycles. The lowest BCUT2D eigenvalue weighted by atomic mass is 10.1. The van der Waals surface area contributed by atoms with Crippen molar-refractivity contribution in [1.82, 2.24) is 14.9 Å². The molecule has 2 heterocycles. The van der Waals surface area contributed by atoms with Crippen LogP contribution in [0, 0.1) is 5.92 Å². The number of anilines is 1. The van der Waals surface area contributed by atoms with E-state index in [0.29, 0.717) is 5.92 Å². The summed E-state index contributed by atoms with van der Waals surface area (Å²) in [7, 11) is 0. The van der Waals surface area contributed by atoms with Crippen molar-refractivity contribution < 1.29 is 0 Å². The van der Waals surface area contributed by atoms with E-state index < -0.39 is 0 Å². The first-order valence-electron chi connectivity index (χ1n) is 6.74. The molecule has 1 aromatic rings. The summed E-state index contributed by atoms with van der Waals surface area (Å²) in [4.78, 5) is 13.4. The Morgan fingerprint density at radius 3 is 2.72 bits per heavy atom. The highest BCUT2D eigenvalue weighted by atomic mass is 15.3. The highest BCUT2D eigenvalue weighted by Gasteiger charge is 2.17. The SMILES string of the molecule is CC(CN)CN1CCCN(c2ncccn2)CC1. The van der Waals surface area contributed by atoms with Crippen LogP contribution in [0.1, 0.15) is 13.3 Å². The Kier molecular flexibility index (Phi) is 4.90. The molecule has 2 rings (SSSR count). The zero-order valence-corrected chi connectivity index (χ0v) is 11.1. The molecule has 1 aromatic heterocycles. The Morgan fingerprint density at radius 1 is 1.22 bits per heavy atom. The van der Waals surface area contributed by atoms with Crippen molar-refractivity contribution in [3.8, 4) is 0 Å². The lowest BCUT2D eigenvalue weighted by molar-refractivity contribution is 0.255. The van der Waals surface area contributed by atoms with Crippen molar-refractivity contribution in [3.05, 3.63) is 18.5 Å². The molecule has 5 nitrogen and oxygen atoms in total. The van der Waals surface area contributed by atoms with Gasteiger partial charge in [0.2, 0.25) is 5.95 Å². The monoisotopic (exact) mass is 249 g/mol. The van der Waals surface area contributed by atoms with Gasteiger partial charge in [0.1, 0.15) is 0 Å². The number of hydrogen-bond acceptors (Lipinski definition) is 5. The molecule has 1 fully saturated rings. The third-order valence-electron chi connectivity index (χ3n) is 3.40. The molecule has 0 aromatic carbocycles. The van der Waals surface area contributed by atoms with Crippen molar-refractivity contribution in [2.24, 2.45) is 11.7 Å². The van der Waals surface area contributed by atoms with Crippen molar-refractivity contribution in [2.45, 2.75) is 13.3 Å². The van der Waals surface area contributed by atoms with Gasteiger partial charge in [-0.25, -0.2) is 9.97 Å². The standard InChI is InChI=1S/C13H23N5/c1-12(10-14)11-17-6-3-7-18(9-8-17)13-15-4-2-5-16-13/h2,4-5,12H,3,6-11,14H2,1H3. The molecule has 100 valence electrons. The number of nitrogens with zero attached hydrogens (tertiary/aromatic N) is 4. The van der Waals surface area contributed by atoms with Gasteiger partial charge >= 0.3 is 0 Å². The van der Waals surface area contributed by atoms with Crippen molar-refractivity contribution in [2.75, 3.05) is 44.2 Å². The van der Waals surface area contributed by atoms with Gasteiger partial charge in [-0.15, -0.1) is 0 Å². The predicted molar refractivity (Wildman–Crippen MR) is 73.5 cm³/mol. The molecule has 18 heavy (non-hydrogen) atoms. The first-order chi connectivity index (χ1) is 8.79. The minimum Gasteiger partial charge on any atom is -0.339 e. The van der Waals surface area contributed by atoms with E-state index in [-0.39, 0.29) is 0 Å². The van der Waals surface area contributed by atoms with Gasteiger partial charge < -0.3 is 15.5 Å². The van der Waals surface area contributed by atoms with Crippen LogP contribution in [-0.4, -0.2) is 54.1 Å².